The number of tetrazole rings is 1. The number of ether oxygens (including phenoxy) is 1. The molecule has 2 rings (SSSR count). The van der Waals surface area contributed by atoms with Crippen LogP contribution < -0.4 is 4.74 Å². The molecule has 0 spiro atoms. The van der Waals surface area contributed by atoms with Gasteiger partial charge in [0.1, 0.15) is 5.75 Å². The molecule has 0 radical (unpaired) electrons. The molecule has 22 heavy (non-hydrogen) atoms. The summed E-state index contributed by atoms with van der Waals surface area (Å²) in [5, 5.41) is 12.1. The average Bonchev–Trinajstić information content (AvgIpc) is 2.91. The molecule has 1 heterocycles. The van der Waals surface area contributed by atoms with Crippen LogP contribution in [0.4, 0.5) is 13.2 Å². The number of nitrogens with zero attached hydrogens (tertiary/aromatic N) is 4. The first-order valence-corrected chi connectivity index (χ1v) is 7.53. The normalized spacial score (nSPS) is 11.9. The lowest BCUT2D eigenvalue weighted by Gasteiger charge is -2.10. The molecule has 0 bridgehead atoms. The highest BCUT2D eigenvalue weighted by molar-refractivity contribution is 7.98. The minimum atomic E-state index is -4.34. The van der Waals surface area contributed by atoms with Crippen LogP contribution in [0.3, 0.4) is 0 Å². The fraction of sp³-hybridized carbons (Fsp3) is 0.462. The second-order valence-electron chi connectivity index (χ2n) is 4.84. The van der Waals surface area contributed by atoms with Crippen molar-refractivity contribution in [3.8, 4) is 5.75 Å². The number of aromatic nitrogens is 4. The highest BCUT2D eigenvalue weighted by Crippen LogP contribution is 2.25. The fourth-order valence-corrected chi connectivity index (χ4v) is 2.59. The molecular formula is C13H15F3N4OS. The zero-order valence-electron chi connectivity index (χ0n) is 12.0. The Labute approximate surface area is 129 Å². The van der Waals surface area contributed by atoms with E-state index in [1.54, 1.807) is 16.8 Å². The van der Waals surface area contributed by atoms with Crippen molar-refractivity contribution in [3.05, 3.63) is 29.8 Å². The number of hydrogen-bond acceptors (Lipinski definition) is 5. The largest absolute Gasteiger partial charge is 0.484 e. The topological polar surface area (TPSA) is 52.8 Å². The molecule has 5 nitrogen and oxygen atoms in total. The van der Waals surface area contributed by atoms with E-state index in [0.29, 0.717) is 10.9 Å². The molecule has 0 saturated heterocycles. The minimum Gasteiger partial charge on any atom is -0.484 e. The monoisotopic (exact) mass is 332 g/mol. The summed E-state index contributed by atoms with van der Waals surface area (Å²) < 4.78 is 42.8. The van der Waals surface area contributed by atoms with Crippen molar-refractivity contribution in [1.29, 1.82) is 0 Å². The minimum absolute atomic E-state index is 0.138. The highest BCUT2D eigenvalue weighted by atomic mass is 32.2. The molecule has 0 atom stereocenters. The summed E-state index contributed by atoms with van der Waals surface area (Å²) in [6.07, 6.45) is -4.34. The van der Waals surface area contributed by atoms with Gasteiger partial charge >= 0.3 is 6.18 Å². The first-order valence-electron chi connectivity index (χ1n) is 6.54. The first-order chi connectivity index (χ1) is 10.3. The third kappa shape index (κ3) is 4.90. The van der Waals surface area contributed by atoms with E-state index in [4.69, 9.17) is 4.74 Å². The standard InChI is InChI=1S/C13H15F3N4OS/c1-9(2)20-12(17-18-19-20)22-7-10-4-3-5-11(6-10)21-8-13(14,15)16/h3-6,9H,7-8H2,1-2H3. The number of alkyl halides is 3. The molecule has 0 fully saturated rings. The van der Waals surface area contributed by atoms with Gasteiger partial charge in [0.2, 0.25) is 5.16 Å². The summed E-state index contributed by atoms with van der Waals surface area (Å²) in [4.78, 5) is 0. The molecule has 0 amide bonds. The van der Waals surface area contributed by atoms with Gasteiger partial charge in [-0.25, -0.2) is 4.68 Å². The van der Waals surface area contributed by atoms with Crippen molar-refractivity contribution in [2.24, 2.45) is 0 Å². The van der Waals surface area contributed by atoms with Crippen molar-refractivity contribution in [1.82, 2.24) is 20.2 Å². The highest BCUT2D eigenvalue weighted by Gasteiger charge is 2.28. The van der Waals surface area contributed by atoms with Gasteiger partial charge in [0.25, 0.3) is 0 Å². The van der Waals surface area contributed by atoms with Crippen LogP contribution in [0, 0.1) is 0 Å². The Bertz CT molecular complexity index is 615. The van der Waals surface area contributed by atoms with Crippen LogP contribution in [0.1, 0.15) is 25.5 Å². The van der Waals surface area contributed by atoms with Crippen LogP contribution in [0.2, 0.25) is 0 Å². The Kier molecular flexibility index (Phi) is 5.28. The zero-order chi connectivity index (χ0) is 16.2. The lowest BCUT2D eigenvalue weighted by molar-refractivity contribution is -0.153. The molecule has 2 aromatic rings. The zero-order valence-corrected chi connectivity index (χ0v) is 12.9. The molecule has 120 valence electrons. The van der Waals surface area contributed by atoms with Gasteiger partial charge in [0.05, 0.1) is 6.04 Å². The van der Waals surface area contributed by atoms with E-state index in [2.05, 4.69) is 15.5 Å². The second kappa shape index (κ2) is 6.99. The summed E-state index contributed by atoms with van der Waals surface area (Å²) in [6, 6.07) is 6.70. The molecule has 9 heteroatoms. The predicted molar refractivity (Wildman–Crippen MR) is 75.8 cm³/mol. The summed E-state index contributed by atoms with van der Waals surface area (Å²) in [6.45, 7) is 2.63. The molecular weight excluding hydrogens is 317 g/mol. The van der Waals surface area contributed by atoms with Crippen molar-refractivity contribution >= 4 is 11.8 Å². The predicted octanol–water partition coefficient (Wildman–Crippen LogP) is 3.49. The van der Waals surface area contributed by atoms with E-state index >= 15 is 0 Å². The molecule has 1 aromatic heterocycles. The third-order valence-corrected chi connectivity index (χ3v) is 3.63. The van der Waals surface area contributed by atoms with Gasteiger partial charge in [0.15, 0.2) is 6.61 Å². The van der Waals surface area contributed by atoms with Gasteiger partial charge in [-0.05, 0) is 42.0 Å². The molecule has 0 aliphatic rings. The van der Waals surface area contributed by atoms with Gasteiger partial charge in [-0.15, -0.1) is 5.10 Å². The molecule has 1 aromatic carbocycles. The van der Waals surface area contributed by atoms with Crippen LogP contribution >= 0.6 is 11.8 Å². The van der Waals surface area contributed by atoms with E-state index in [9.17, 15) is 13.2 Å². The molecule has 0 N–H and O–H groups in total. The molecule has 0 unspecified atom stereocenters. The van der Waals surface area contributed by atoms with Crippen LogP contribution in [0.25, 0.3) is 0 Å². The SMILES string of the molecule is CC(C)n1nnnc1SCc1cccc(OCC(F)(F)F)c1. The lowest BCUT2D eigenvalue weighted by Crippen LogP contribution is -2.19. The van der Waals surface area contributed by atoms with E-state index in [0.717, 1.165) is 5.56 Å². The van der Waals surface area contributed by atoms with E-state index in [1.165, 1.54) is 17.8 Å². The molecule has 0 saturated carbocycles. The Morgan fingerprint density at radius 2 is 2.09 bits per heavy atom. The maximum Gasteiger partial charge on any atom is 0.422 e. The second-order valence-corrected chi connectivity index (χ2v) is 5.78. The number of benzene rings is 1. The number of rotatable bonds is 6. The fourth-order valence-electron chi connectivity index (χ4n) is 1.64. The van der Waals surface area contributed by atoms with E-state index in [1.807, 2.05) is 19.9 Å². The summed E-state index contributed by atoms with van der Waals surface area (Å²) in [7, 11) is 0. The third-order valence-electron chi connectivity index (χ3n) is 2.62. The Morgan fingerprint density at radius 1 is 1.32 bits per heavy atom. The Hall–Kier alpha value is -1.77. The maximum absolute atomic E-state index is 12.1. The summed E-state index contributed by atoms with van der Waals surface area (Å²) in [5.74, 6) is 0.731. The van der Waals surface area contributed by atoms with Crippen molar-refractivity contribution in [2.45, 2.75) is 37.0 Å². The van der Waals surface area contributed by atoms with Gasteiger partial charge in [-0.3, -0.25) is 0 Å². The van der Waals surface area contributed by atoms with Crippen LogP contribution in [-0.4, -0.2) is 33.0 Å². The van der Waals surface area contributed by atoms with Crippen LogP contribution in [0.15, 0.2) is 29.4 Å². The van der Waals surface area contributed by atoms with Crippen molar-refractivity contribution in [2.75, 3.05) is 6.61 Å². The van der Waals surface area contributed by atoms with E-state index < -0.39 is 12.8 Å². The molecule has 0 aliphatic carbocycles. The number of halogens is 3. The van der Waals surface area contributed by atoms with Crippen molar-refractivity contribution in [3.63, 3.8) is 0 Å². The average molecular weight is 332 g/mol. The van der Waals surface area contributed by atoms with Crippen molar-refractivity contribution < 1.29 is 17.9 Å². The molecule has 0 aliphatic heterocycles. The van der Waals surface area contributed by atoms with Gasteiger partial charge in [0, 0.05) is 5.75 Å². The van der Waals surface area contributed by atoms with Gasteiger partial charge in [-0.2, -0.15) is 13.2 Å². The first kappa shape index (κ1) is 16.6. The summed E-state index contributed by atoms with van der Waals surface area (Å²) >= 11 is 1.42. The van der Waals surface area contributed by atoms with E-state index in [-0.39, 0.29) is 11.8 Å². The number of hydrogen-bond donors (Lipinski definition) is 0. The number of thioether (sulfide) groups is 1. The Morgan fingerprint density at radius 3 is 2.77 bits per heavy atom. The van der Waals surface area contributed by atoms with Crippen LogP contribution in [-0.2, 0) is 5.75 Å². The van der Waals surface area contributed by atoms with Gasteiger partial charge < -0.3 is 4.74 Å². The summed E-state index contributed by atoms with van der Waals surface area (Å²) in [5.41, 5.74) is 0.836. The lowest BCUT2D eigenvalue weighted by atomic mass is 10.2. The Balaban J connectivity index is 1.97. The van der Waals surface area contributed by atoms with Gasteiger partial charge in [-0.1, -0.05) is 23.9 Å². The quantitative estimate of drug-likeness (QED) is 0.758. The van der Waals surface area contributed by atoms with Crippen LogP contribution in [0.5, 0.6) is 5.75 Å². The maximum atomic E-state index is 12.1. The smallest absolute Gasteiger partial charge is 0.422 e.